The Morgan fingerprint density at radius 3 is 2.69 bits per heavy atom. The van der Waals surface area contributed by atoms with Crippen LogP contribution in [0, 0.1) is 0 Å². The number of piperidine rings is 1. The van der Waals surface area contributed by atoms with E-state index >= 15 is 0 Å². The van der Waals surface area contributed by atoms with Crippen LogP contribution < -0.4 is 11.3 Å². The molecule has 7 nitrogen and oxygen atoms in total. The van der Waals surface area contributed by atoms with Crippen LogP contribution in [0.4, 0.5) is 5.69 Å². The lowest BCUT2D eigenvalue weighted by Gasteiger charge is -2.31. The van der Waals surface area contributed by atoms with E-state index < -0.39 is 0 Å². The Balaban J connectivity index is 1.35. The van der Waals surface area contributed by atoms with Gasteiger partial charge in [0.05, 0.1) is 11.2 Å². The molecule has 2 fully saturated rings. The second kappa shape index (κ2) is 6.40. The van der Waals surface area contributed by atoms with Crippen LogP contribution in [0.2, 0.25) is 0 Å². The highest BCUT2D eigenvalue weighted by molar-refractivity contribution is 7.16. The van der Waals surface area contributed by atoms with Crippen LogP contribution in [0.5, 0.6) is 0 Å². The van der Waals surface area contributed by atoms with Crippen molar-refractivity contribution in [1.29, 1.82) is 0 Å². The SMILES string of the molecule is Nc1c(-c2nc3nc(C4CCN(C5CC5)CC4)ccc3[nH]2)c(=O)[nH]c2sccc12. The van der Waals surface area contributed by atoms with Crippen molar-refractivity contribution in [3.05, 3.63) is 39.6 Å². The fourth-order valence-electron chi connectivity index (χ4n) is 4.53. The van der Waals surface area contributed by atoms with Crippen LogP contribution >= 0.6 is 11.3 Å². The Labute approximate surface area is 171 Å². The maximum atomic E-state index is 12.6. The molecule has 0 amide bonds. The van der Waals surface area contributed by atoms with Gasteiger partial charge in [-0.15, -0.1) is 11.3 Å². The fourth-order valence-corrected chi connectivity index (χ4v) is 5.33. The summed E-state index contributed by atoms with van der Waals surface area (Å²) in [4.78, 5) is 31.6. The highest BCUT2D eigenvalue weighted by Crippen LogP contribution is 2.35. The summed E-state index contributed by atoms with van der Waals surface area (Å²) in [5.74, 6) is 0.949. The van der Waals surface area contributed by atoms with Gasteiger partial charge < -0.3 is 20.6 Å². The van der Waals surface area contributed by atoms with Crippen molar-refractivity contribution in [1.82, 2.24) is 24.8 Å². The molecule has 29 heavy (non-hydrogen) atoms. The molecule has 4 aromatic heterocycles. The van der Waals surface area contributed by atoms with Gasteiger partial charge in [-0.3, -0.25) is 4.79 Å². The number of likely N-dealkylation sites (tertiary alicyclic amines) is 1. The number of hydrogen-bond donors (Lipinski definition) is 3. The van der Waals surface area contributed by atoms with Crippen molar-refractivity contribution in [3.63, 3.8) is 0 Å². The third-order valence-corrected chi connectivity index (χ3v) is 7.12. The van der Waals surface area contributed by atoms with E-state index in [4.69, 9.17) is 10.7 Å². The molecule has 2 aliphatic rings. The van der Waals surface area contributed by atoms with Crippen LogP contribution in [0.3, 0.4) is 0 Å². The van der Waals surface area contributed by atoms with E-state index in [2.05, 4.69) is 25.9 Å². The predicted octanol–water partition coefficient (Wildman–Crippen LogP) is 3.45. The van der Waals surface area contributed by atoms with Crippen molar-refractivity contribution in [2.45, 2.75) is 37.6 Å². The van der Waals surface area contributed by atoms with Crippen molar-refractivity contribution in [2.24, 2.45) is 0 Å². The van der Waals surface area contributed by atoms with Crippen molar-refractivity contribution >= 4 is 38.4 Å². The zero-order chi connectivity index (χ0) is 19.5. The minimum atomic E-state index is -0.232. The molecule has 0 spiro atoms. The van der Waals surface area contributed by atoms with Crippen molar-refractivity contribution < 1.29 is 0 Å². The summed E-state index contributed by atoms with van der Waals surface area (Å²) in [5, 5.41) is 2.77. The molecule has 0 bridgehead atoms. The Kier molecular flexibility index (Phi) is 3.79. The molecule has 1 saturated carbocycles. The number of H-pyrrole nitrogens is 2. The smallest absolute Gasteiger partial charge is 0.262 e. The number of pyridine rings is 2. The van der Waals surface area contributed by atoms with Crippen molar-refractivity contribution in [2.75, 3.05) is 18.8 Å². The van der Waals surface area contributed by atoms with Crippen LogP contribution in [0.15, 0.2) is 28.4 Å². The van der Waals surface area contributed by atoms with Gasteiger partial charge in [0.15, 0.2) is 5.65 Å². The number of fused-ring (bicyclic) bond motifs is 2. The molecular weight excluding hydrogens is 384 g/mol. The molecule has 0 radical (unpaired) electrons. The lowest BCUT2D eigenvalue weighted by Crippen LogP contribution is -2.34. The summed E-state index contributed by atoms with van der Waals surface area (Å²) < 4.78 is 0. The molecule has 8 heteroatoms. The number of hydrogen-bond acceptors (Lipinski definition) is 6. The number of anilines is 1. The lowest BCUT2D eigenvalue weighted by atomic mass is 9.93. The molecule has 1 aliphatic heterocycles. The number of rotatable bonds is 3. The first-order chi connectivity index (χ1) is 14.2. The van der Waals surface area contributed by atoms with E-state index in [1.807, 2.05) is 17.5 Å². The first kappa shape index (κ1) is 17.2. The molecule has 4 aromatic rings. The van der Waals surface area contributed by atoms with Gasteiger partial charge in [-0.05, 0) is 62.4 Å². The van der Waals surface area contributed by atoms with Gasteiger partial charge >= 0.3 is 0 Å². The second-order valence-electron chi connectivity index (χ2n) is 8.14. The van der Waals surface area contributed by atoms with E-state index in [-0.39, 0.29) is 5.56 Å². The van der Waals surface area contributed by atoms with Gasteiger partial charge in [-0.2, -0.15) is 0 Å². The van der Waals surface area contributed by atoms with Crippen molar-refractivity contribution in [3.8, 4) is 11.4 Å². The average Bonchev–Trinajstić information content (AvgIpc) is 3.32. The Bertz CT molecular complexity index is 1280. The highest BCUT2D eigenvalue weighted by atomic mass is 32.1. The molecule has 4 N–H and O–H groups in total. The normalized spacial score (nSPS) is 18.8. The predicted molar refractivity (Wildman–Crippen MR) is 116 cm³/mol. The van der Waals surface area contributed by atoms with Gasteiger partial charge in [-0.1, -0.05) is 0 Å². The summed E-state index contributed by atoms with van der Waals surface area (Å²) in [6, 6.07) is 6.87. The average molecular weight is 407 g/mol. The quantitative estimate of drug-likeness (QED) is 0.483. The zero-order valence-electron chi connectivity index (χ0n) is 15.9. The number of imidazole rings is 1. The lowest BCUT2D eigenvalue weighted by molar-refractivity contribution is 0.202. The minimum absolute atomic E-state index is 0.232. The van der Waals surface area contributed by atoms with Gasteiger partial charge in [0.2, 0.25) is 0 Å². The highest BCUT2D eigenvalue weighted by Gasteiger charge is 2.32. The van der Waals surface area contributed by atoms with Gasteiger partial charge in [0.1, 0.15) is 16.2 Å². The second-order valence-corrected chi connectivity index (χ2v) is 9.06. The van der Waals surface area contributed by atoms with E-state index in [0.29, 0.717) is 28.6 Å². The molecule has 1 aliphatic carbocycles. The van der Waals surface area contributed by atoms with E-state index in [1.165, 1.54) is 24.2 Å². The van der Waals surface area contributed by atoms with Gasteiger partial charge in [0.25, 0.3) is 5.56 Å². The van der Waals surface area contributed by atoms with Crippen LogP contribution in [0.1, 0.15) is 37.3 Å². The first-order valence-corrected chi connectivity index (χ1v) is 11.1. The Hall–Kier alpha value is -2.71. The Morgan fingerprint density at radius 1 is 1.07 bits per heavy atom. The van der Waals surface area contributed by atoms with E-state index in [1.54, 1.807) is 0 Å². The molecule has 0 aromatic carbocycles. The monoisotopic (exact) mass is 406 g/mol. The van der Waals surface area contributed by atoms with E-state index in [0.717, 1.165) is 53.4 Å². The van der Waals surface area contributed by atoms with Gasteiger partial charge in [-0.25, -0.2) is 9.97 Å². The zero-order valence-corrected chi connectivity index (χ0v) is 16.8. The van der Waals surface area contributed by atoms with Crippen LogP contribution in [-0.4, -0.2) is 44.0 Å². The van der Waals surface area contributed by atoms with Crippen LogP contribution in [-0.2, 0) is 0 Å². The number of nitrogens with zero attached hydrogens (tertiary/aromatic N) is 3. The largest absolute Gasteiger partial charge is 0.397 e. The first-order valence-electron chi connectivity index (χ1n) is 10.2. The summed E-state index contributed by atoms with van der Waals surface area (Å²) >= 11 is 1.47. The number of nitrogen functional groups attached to an aromatic ring is 1. The maximum absolute atomic E-state index is 12.6. The number of nitrogens with one attached hydrogen (secondary N) is 2. The molecule has 148 valence electrons. The number of nitrogens with two attached hydrogens (primary N) is 1. The standard InChI is InChI=1S/C21H22N6OS/c22-17-13-7-10-29-21(13)26-20(28)16(17)19-24-15-4-3-14(23-18(15)25-19)11-5-8-27(9-6-11)12-1-2-12/h3-4,7,10-12H,1-2,5-6,8-9H2,(H3,22,26,28)(H,23,24,25). The molecule has 0 unspecified atom stereocenters. The van der Waals surface area contributed by atoms with Gasteiger partial charge in [0, 0.05) is 23.0 Å². The number of aromatic nitrogens is 4. The molecular formula is C21H22N6OS. The summed E-state index contributed by atoms with van der Waals surface area (Å²) in [6.07, 6.45) is 5.02. The molecule has 6 rings (SSSR count). The van der Waals surface area contributed by atoms with E-state index in [9.17, 15) is 4.79 Å². The maximum Gasteiger partial charge on any atom is 0.262 e. The molecule has 5 heterocycles. The molecule has 0 atom stereocenters. The topological polar surface area (TPSA) is 104 Å². The summed E-state index contributed by atoms with van der Waals surface area (Å²) in [7, 11) is 0. The number of thiophene rings is 1. The summed E-state index contributed by atoms with van der Waals surface area (Å²) in [6.45, 7) is 2.32. The Morgan fingerprint density at radius 2 is 1.90 bits per heavy atom. The minimum Gasteiger partial charge on any atom is -0.397 e. The third-order valence-electron chi connectivity index (χ3n) is 6.29. The summed E-state index contributed by atoms with van der Waals surface area (Å²) in [5.41, 5.74) is 9.48. The third kappa shape index (κ3) is 2.86. The number of aromatic amines is 2. The van der Waals surface area contributed by atoms with Crippen LogP contribution in [0.25, 0.3) is 32.8 Å². The molecule has 1 saturated heterocycles. The fraction of sp³-hybridized carbons (Fsp3) is 0.381.